The molecule has 0 aliphatic heterocycles. The van der Waals surface area contributed by atoms with Crippen LogP contribution in [0.5, 0.6) is 5.75 Å². The molecule has 0 aliphatic rings. The molecule has 4 nitrogen and oxygen atoms in total. The van der Waals surface area contributed by atoms with Gasteiger partial charge >= 0.3 is 6.03 Å². The first kappa shape index (κ1) is 14.4. The summed E-state index contributed by atoms with van der Waals surface area (Å²) in [5.41, 5.74) is 1.20. The normalized spacial score (nSPS) is 11.7. The lowest BCUT2D eigenvalue weighted by Crippen LogP contribution is -2.41. The fourth-order valence-corrected chi connectivity index (χ4v) is 1.34. The molecule has 1 aromatic carbocycles. The Morgan fingerprint density at radius 3 is 2.61 bits per heavy atom. The number of hydrogen-bond donors (Lipinski definition) is 2. The lowest BCUT2D eigenvalue weighted by atomic mass is 10.2. The average molecular weight is 250 g/mol. The van der Waals surface area contributed by atoms with E-state index in [-0.39, 0.29) is 12.1 Å². The number of ether oxygens (including phenoxy) is 1. The second kappa shape index (κ2) is 7.58. The summed E-state index contributed by atoms with van der Waals surface area (Å²) in [5, 5.41) is 5.58. The number of aryl methyl sites for hydroxylation is 1. The quantitative estimate of drug-likeness (QED) is 0.762. The summed E-state index contributed by atoms with van der Waals surface area (Å²) in [4.78, 5) is 11.4. The molecule has 0 heterocycles. The van der Waals surface area contributed by atoms with Crippen molar-refractivity contribution in [3.63, 3.8) is 0 Å². The maximum atomic E-state index is 11.4. The highest BCUT2D eigenvalue weighted by Crippen LogP contribution is 2.10. The highest BCUT2D eigenvalue weighted by Gasteiger charge is 2.03. The molecule has 1 atom stereocenters. The molecule has 1 unspecified atom stereocenters. The van der Waals surface area contributed by atoms with E-state index in [2.05, 4.69) is 10.6 Å². The number of benzene rings is 1. The summed E-state index contributed by atoms with van der Waals surface area (Å²) in [6.07, 6.45) is 0.924. The van der Waals surface area contributed by atoms with Gasteiger partial charge in [-0.15, -0.1) is 0 Å². The summed E-state index contributed by atoms with van der Waals surface area (Å²) in [6, 6.07) is 7.90. The molecule has 0 fully saturated rings. The van der Waals surface area contributed by atoms with Gasteiger partial charge in [-0.25, -0.2) is 4.79 Å². The van der Waals surface area contributed by atoms with Crippen LogP contribution in [-0.4, -0.2) is 25.2 Å². The van der Waals surface area contributed by atoms with Gasteiger partial charge in [0.1, 0.15) is 12.4 Å². The predicted octanol–water partition coefficient (Wildman–Crippen LogP) is 2.47. The summed E-state index contributed by atoms with van der Waals surface area (Å²) < 4.78 is 5.50. The molecule has 18 heavy (non-hydrogen) atoms. The standard InChI is InChI=1S/C14H22N2O2/c1-4-12(3)16-14(17)15-9-10-18-13-7-5-11(2)6-8-13/h5-8,12H,4,9-10H2,1-3H3,(H2,15,16,17). The van der Waals surface area contributed by atoms with E-state index in [1.807, 2.05) is 45.0 Å². The van der Waals surface area contributed by atoms with Crippen LogP contribution in [0.4, 0.5) is 4.79 Å². The second-order valence-corrected chi connectivity index (χ2v) is 4.37. The van der Waals surface area contributed by atoms with Gasteiger partial charge in [0.25, 0.3) is 0 Å². The van der Waals surface area contributed by atoms with Crippen LogP contribution in [-0.2, 0) is 0 Å². The van der Waals surface area contributed by atoms with Crippen LogP contribution in [0.3, 0.4) is 0 Å². The monoisotopic (exact) mass is 250 g/mol. The zero-order chi connectivity index (χ0) is 13.4. The van der Waals surface area contributed by atoms with Crippen LogP contribution in [0.15, 0.2) is 24.3 Å². The van der Waals surface area contributed by atoms with Crippen molar-refractivity contribution in [3.8, 4) is 5.75 Å². The van der Waals surface area contributed by atoms with Gasteiger partial charge in [0.15, 0.2) is 0 Å². The van der Waals surface area contributed by atoms with Crippen molar-refractivity contribution in [2.45, 2.75) is 33.2 Å². The summed E-state index contributed by atoms with van der Waals surface area (Å²) in [5.74, 6) is 0.824. The Balaban J connectivity index is 2.15. The van der Waals surface area contributed by atoms with E-state index in [1.54, 1.807) is 0 Å². The summed E-state index contributed by atoms with van der Waals surface area (Å²) in [6.45, 7) is 7.01. The molecule has 4 heteroatoms. The molecular formula is C14H22N2O2. The molecule has 0 saturated carbocycles. The predicted molar refractivity (Wildman–Crippen MR) is 73.0 cm³/mol. The van der Waals surface area contributed by atoms with Crippen molar-refractivity contribution >= 4 is 6.03 Å². The van der Waals surface area contributed by atoms with Crippen LogP contribution in [0.2, 0.25) is 0 Å². The molecule has 1 rings (SSSR count). The first-order valence-electron chi connectivity index (χ1n) is 6.35. The van der Waals surface area contributed by atoms with Crippen molar-refractivity contribution < 1.29 is 9.53 Å². The second-order valence-electron chi connectivity index (χ2n) is 4.37. The van der Waals surface area contributed by atoms with E-state index in [0.29, 0.717) is 13.2 Å². The van der Waals surface area contributed by atoms with E-state index < -0.39 is 0 Å². The van der Waals surface area contributed by atoms with Crippen molar-refractivity contribution in [1.29, 1.82) is 0 Å². The van der Waals surface area contributed by atoms with Crippen molar-refractivity contribution in [1.82, 2.24) is 10.6 Å². The van der Waals surface area contributed by atoms with Crippen molar-refractivity contribution in [2.75, 3.05) is 13.2 Å². The number of urea groups is 1. The minimum atomic E-state index is -0.142. The van der Waals surface area contributed by atoms with E-state index >= 15 is 0 Å². The molecule has 0 saturated heterocycles. The van der Waals surface area contributed by atoms with Gasteiger partial charge in [-0.2, -0.15) is 0 Å². The Morgan fingerprint density at radius 2 is 2.00 bits per heavy atom. The van der Waals surface area contributed by atoms with Gasteiger partial charge in [-0.3, -0.25) is 0 Å². The smallest absolute Gasteiger partial charge is 0.315 e. The maximum Gasteiger partial charge on any atom is 0.315 e. The van der Waals surface area contributed by atoms with Crippen LogP contribution >= 0.6 is 0 Å². The number of nitrogens with one attached hydrogen (secondary N) is 2. The number of rotatable bonds is 6. The minimum absolute atomic E-state index is 0.142. The molecular weight excluding hydrogens is 228 g/mol. The Labute approximate surface area is 109 Å². The fraction of sp³-hybridized carbons (Fsp3) is 0.500. The Kier molecular flexibility index (Phi) is 6.05. The minimum Gasteiger partial charge on any atom is -0.492 e. The Hall–Kier alpha value is -1.71. The SMILES string of the molecule is CCC(C)NC(=O)NCCOc1ccc(C)cc1. The van der Waals surface area contributed by atoms with Gasteiger partial charge in [0, 0.05) is 6.04 Å². The van der Waals surface area contributed by atoms with Crippen LogP contribution < -0.4 is 15.4 Å². The van der Waals surface area contributed by atoms with Crippen molar-refractivity contribution in [3.05, 3.63) is 29.8 Å². The van der Waals surface area contributed by atoms with Crippen LogP contribution in [0.25, 0.3) is 0 Å². The highest BCUT2D eigenvalue weighted by atomic mass is 16.5. The van der Waals surface area contributed by atoms with Gasteiger partial charge in [0.2, 0.25) is 0 Å². The zero-order valence-corrected chi connectivity index (χ0v) is 11.3. The molecule has 0 spiro atoms. The fourth-order valence-electron chi connectivity index (χ4n) is 1.34. The molecule has 0 radical (unpaired) electrons. The van der Waals surface area contributed by atoms with Crippen LogP contribution in [0.1, 0.15) is 25.8 Å². The van der Waals surface area contributed by atoms with E-state index in [0.717, 1.165) is 12.2 Å². The zero-order valence-electron chi connectivity index (χ0n) is 11.3. The molecule has 0 bridgehead atoms. The van der Waals surface area contributed by atoms with Gasteiger partial charge < -0.3 is 15.4 Å². The molecule has 0 aromatic heterocycles. The van der Waals surface area contributed by atoms with Gasteiger partial charge in [-0.05, 0) is 32.4 Å². The number of hydrogen-bond acceptors (Lipinski definition) is 2. The Morgan fingerprint density at radius 1 is 1.33 bits per heavy atom. The summed E-state index contributed by atoms with van der Waals surface area (Å²) in [7, 11) is 0. The molecule has 2 amide bonds. The highest BCUT2D eigenvalue weighted by molar-refractivity contribution is 5.74. The molecule has 2 N–H and O–H groups in total. The lowest BCUT2D eigenvalue weighted by molar-refractivity contribution is 0.233. The van der Waals surface area contributed by atoms with E-state index in [1.165, 1.54) is 5.56 Å². The molecule has 0 aliphatic carbocycles. The largest absolute Gasteiger partial charge is 0.492 e. The van der Waals surface area contributed by atoms with E-state index in [9.17, 15) is 4.79 Å². The van der Waals surface area contributed by atoms with Gasteiger partial charge in [0.05, 0.1) is 6.54 Å². The first-order chi connectivity index (χ1) is 8.61. The number of carbonyl (C=O) groups is 1. The third-order valence-electron chi connectivity index (χ3n) is 2.67. The third kappa shape index (κ3) is 5.57. The van der Waals surface area contributed by atoms with Crippen molar-refractivity contribution in [2.24, 2.45) is 0 Å². The lowest BCUT2D eigenvalue weighted by Gasteiger charge is -2.12. The maximum absolute atomic E-state index is 11.4. The first-order valence-corrected chi connectivity index (χ1v) is 6.35. The third-order valence-corrected chi connectivity index (χ3v) is 2.67. The topological polar surface area (TPSA) is 50.4 Å². The average Bonchev–Trinajstić information content (AvgIpc) is 2.36. The van der Waals surface area contributed by atoms with Gasteiger partial charge in [-0.1, -0.05) is 24.6 Å². The number of carbonyl (C=O) groups excluding carboxylic acids is 1. The summed E-state index contributed by atoms with van der Waals surface area (Å²) >= 11 is 0. The Bertz CT molecular complexity index is 363. The molecule has 1 aromatic rings. The van der Waals surface area contributed by atoms with E-state index in [4.69, 9.17) is 4.74 Å². The van der Waals surface area contributed by atoms with Crippen LogP contribution in [0, 0.1) is 6.92 Å². The number of amides is 2. The molecule has 100 valence electrons.